The SMILES string of the molecule is Cc1ncc(COc2ccc3oc(C)c(C(=O)NC4(C(N)=O)CCOC4)c3c2)o1. The van der Waals surface area contributed by atoms with Crippen molar-refractivity contribution in [2.75, 3.05) is 13.2 Å². The van der Waals surface area contributed by atoms with E-state index in [-0.39, 0.29) is 13.2 Å². The van der Waals surface area contributed by atoms with Crippen LogP contribution in [0.3, 0.4) is 0 Å². The van der Waals surface area contributed by atoms with Crippen LogP contribution in [0.4, 0.5) is 0 Å². The summed E-state index contributed by atoms with van der Waals surface area (Å²) in [4.78, 5) is 29.0. The molecule has 0 saturated carbocycles. The average molecular weight is 399 g/mol. The van der Waals surface area contributed by atoms with E-state index in [1.165, 1.54) is 0 Å². The molecule has 1 aromatic carbocycles. The van der Waals surface area contributed by atoms with Gasteiger partial charge in [-0.1, -0.05) is 0 Å². The molecule has 1 saturated heterocycles. The number of rotatable bonds is 6. The number of ether oxygens (including phenoxy) is 2. The molecule has 9 nitrogen and oxygen atoms in total. The minimum atomic E-state index is -1.22. The van der Waals surface area contributed by atoms with Crippen molar-refractivity contribution >= 4 is 22.8 Å². The van der Waals surface area contributed by atoms with Crippen LogP contribution in [0.1, 0.15) is 34.2 Å². The normalized spacial score (nSPS) is 18.8. The molecule has 0 radical (unpaired) electrons. The number of oxazole rings is 1. The lowest BCUT2D eigenvalue weighted by Crippen LogP contribution is -2.58. The second-order valence-electron chi connectivity index (χ2n) is 7.03. The van der Waals surface area contributed by atoms with Crippen molar-refractivity contribution in [3.63, 3.8) is 0 Å². The summed E-state index contributed by atoms with van der Waals surface area (Å²) in [5, 5.41) is 3.32. The lowest BCUT2D eigenvalue weighted by atomic mass is 9.97. The van der Waals surface area contributed by atoms with E-state index >= 15 is 0 Å². The van der Waals surface area contributed by atoms with Crippen LogP contribution in [0.25, 0.3) is 11.0 Å². The van der Waals surface area contributed by atoms with E-state index in [1.807, 2.05) is 0 Å². The number of aromatic nitrogens is 1. The number of carbonyl (C=O) groups excluding carboxylic acids is 2. The molecule has 1 atom stereocenters. The number of nitrogens with zero attached hydrogens (tertiary/aromatic N) is 1. The number of amides is 2. The van der Waals surface area contributed by atoms with Crippen molar-refractivity contribution in [1.82, 2.24) is 10.3 Å². The van der Waals surface area contributed by atoms with E-state index in [2.05, 4.69) is 10.3 Å². The van der Waals surface area contributed by atoms with Gasteiger partial charge < -0.3 is 29.4 Å². The fraction of sp³-hybridized carbons (Fsp3) is 0.350. The third kappa shape index (κ3) is 3.56. The average Bonchev–Trinajstić information content (AvgIpc) is 3.38. The van der Waals surface area contributed by atoms with Gasteiger partial charge in [0.05, 0.1) is 18.4 Å². The number of hydrogen-bond acceptors (Lipinski definition) is 7. The molecule has 29 heavy (non-hydrogen) atoms. The second-order valence-corrected chi connectivity index (χ2v) is 7.03. The second kappa shape index (κ2) is 7.25. The Labute approximate surface area is 166 Å². The van der Waals surface area contributed by atoms with E-state index < -0.39 is 17.4 Å². The summed E-state index contributed by atoms with van der Waals surface area (Å²) in [6.07, 6.45) is 1.93. The van der Waals surface area contributed by atoms with Gasteiger partial charge in [-0.15, -0.1) is 0 Å². The number of fused-ring (bicyclic) bond motifs is 1. The van der Waals surface area contributed by atoms with Crippen LogP contribution in [0, 0.1) is 13.8 Å². The Morgan fingerprint density at radius 2 is 2.14 bits per heavy atom. The molecule has 9 heteroatoms. The highest BCUT2D eigenvalue weighted by Gasteiger charge is 2.43. The molecule has 152 valence electrons. The zero-order valence-electron chi connectivity index (χ0n) is 16.1. The summed E-state index contributed by atoms with van der Waals surface area (Å²) in [5.74, 6) is 1.04. The van der Waals surface area contributed by atoms with Gasteiger partial charge in [0.15, 0.2) is 11.7 Å². The molecule has 1 aliphatic heterocycles. The minimum absolute atomic E-state index is 0.0495. The largest absolute Gasteiger partial charge is 0.486 e. The zero-order chi connectivity index (χ0) is 20.6. The fourth-order valence-electron chi connectivity index (χ4n) is 3.40. The number of furan rings is 1. The molecule has 2 aromatic heterocycles. The van der Waals surface area contributed by atoms with Gasteiger partial charge in [0.25, 0.3) is 5.91 Å². The van der Waals surface area contributed by atoms with Crippen molar-refractivity contribution in [2.24, 2.45) is 5.73 Å². The van der Waals surface area contributed by atoms with Crippen LogP contribution in [0.15, 0.2) is 33.2 Å². The molecule has 1 unspecified atom stereocenters. The monoisotopic (exact) mass is 399 g/mol. The summed E-state index contributed by atoms with van der Waals surface area (Å²) < 4.78 is 22.1. The van der Waals surface area contributed by atoms with Crippen molar-refractivity contribution in [1.29, 1.82) is 0 Å². The highest BCUT2D eigenvalue weighted by atomic mass is 16.5. The molecule has 3 N–H and O–H groups in total. The Morgan fingerprint density at radius 1 is 1.31 bits per heavy atom. The van der Waals surface area contributed by atoms with E-state index in [4.69, 9.17) is 24.0 Å². The number of aryl methyl sites for hydroxylation is 2. The Hall–Kier alpha value is -3.33. The summed E-state index contributed by atoms with van der Waals surface area (Å²) in [6.45, 7) is 4.05. The Morgan fingerprint density at radius 3 is 2.79 bits per heavy atom. The number of benzene rings is 1. The van der Waals surface area contributed by atoms with E-state index in [0.29, 0.717) is 52.7 Å². The van der Waals surface area contributed by atoms with Crippen LogP contribution >= 0.6 is 0 Å². The van der Waals surface area contributed by atoms with Crippen molar-refractivity contribution < 1.29 is 27.9 Å². The van der Waals surface area contributed by atoms with Gasteiger partial charge in [-0.3, -0.25) is 9.59 Å². The topological polar surface area (TPSA) is 130 Å². The first-order valence-electron chi connectivity index (χ1n) is 9.15. The first kappa shape index (κ1) is 19.0. The smallest absolute Gasteiger partial charge is 0.256 e. The molecule has 1 fully saturated rings. The molecule has 0 spiro atoms. The van der Waals surface area contributed by atoms with Crippen molar-refractivity contribution in [2.45, 2.75) is 32.4 Å². The third-order valence-electron chi connectivity index (χ3n) is 4.96. The van der Waals surface area contributed by atoms with E-state index in [9.17, 15) is 9.59 Å². The molecule has 3 aromatic rings. The van der Waals surface area contributed by atoms with Gasteiger partial charge in [-0.05, 0) is 25.1 Å². The Kier molecular flexibility index (Phi) is 4.75. The summed E-state index contributed by atoms with van der Waals surface area (Å²) in [5.41, 5.74) is 5.16. The molecular formula is C20H21N3O6. The molecule has 0 aliphatic carbocycles. The number of carbonyl (C=O) groups is 2. The molecule has 2 amide bonds. The number of nitrogens with one attached hydrogen (secondary N) is 1. The first-order valence-corrected chi connectivity index (χ1v) is 9.15. The predicted molar refractivity (Wildman–Crippen MR) is 101 cm³/mol. The molecule has 0 bridgehead atoms. The summed E-state index contributed by atoms with van der Waals surface area (Å²) in [6, 6.07) is 5.18. The predicted octanol–water partition coefficient (Wildman–Crippen LogP) is 1.99. The maximum Gasteiger partial charge on any atom is 0.256 e. The van der Waals surface area contributed by atoms with Gasteiger partial charge in [-0.25, -0.2) is 4.98 Å². The minimum Gasteiger partial charge on any atom is -0.486 e. The van der Waals surface area contributed by atoms with Crippen LogP contribution in [-0.2, 0) is 16.1 Å². The lowest BCUT2D eigenvalue weighted by molar-refractivity contribution is -0.124. The highest BCUT2D eigenvalue weighted by molar-refractivity contribution is 6.09. The van der Waals surface area contributed by atoms with E-state index in [1.54, 1.807) is 38.2 Å². The molecule has 4 rings (SSSR count). The maximum absolute atomic E-state index is 13.0. The molecule has 3 heterocycles. The highest BCUT2D eigenvalue weighted by Crippen LogP contribution is 2.30. The molecular weight excluding hydrogens is 378 g/mol. The van der Waals surface area contributed by atoms with Crippen LogP contribution < -0.4 is 15.8 Å². The van der Waals surface area contributed by atoms with Gasteiger partial charge in [0.2, 0.25) is 5.91 Å². The van der Waals surface area contributed by atoms with Crippen molar-refractivity contribution in [3.8, 4) is 5.75 Å². The Balaban J connectivity index is 1.60. The van der Waals surface area contributed by atoms with E-state index in [0.717, 1.165) is 0 Å². The summed E-state index contributed by atoms with van der Waals surface area (Å²) in [7, 11) is 0. The van der Waals surface area contributed by atoms with Gasteiger partial charge in [0.1, 0.15) is 29.2 Å². The standard InChI is InChI=1S/C20H21N3O6/c1-11-17(18(24)23-20(19(21)25)5-6-26-10-20)15-7-13(3-4-16(15)28-11)27-9-14-8-22-12(2)29-14/h3-4,7-8H,5-6,9-10H2,1-2H3,(H2,21,25)(H,23,24). The number of nitrogens with two attached hydrogens (primary N) is 1. The van der Waals surface area contributed by atoms with Gasteiger partial charge in [-0.2, -0.15) is 0 Å². The van der Waals surface area contributed by atoms with Crippen LogP contribution in [0.2, 0.25) is 0 Å². The quantitative estimate of drug-likeness (QED) is 0.648. The van der Waals surface area contributed by atoms with Gasteiger partial charge >= 0.3 is 0 Å². The molecule has 1 aliphatic rings. The summed E-state index contributed by atoms with van der Waals surface area (Å²) >= 11 is 0. The van der Waals surface area contributed by atoms with Gasteiger partial charge in [0, 0.05) is 25.3 Å². The van der Waals surface area contributed by atoms with Crippen molar-refractivity contribution in [3.05, 3.63) is 47.4 Å². The lowest BCUT2D eigenvalue weighted by Gasteiger charge is -2.24. The number of hydrogen-bond donors (Lipinski definition) is 2. The van der Waals surface area contributed by atoms with Crippen LogP contribution in [-0.4, -0.2) is 35.6 Å². The third-order valence-corrected chi connectivity index (χ3v) is 4.96. The van der Waals surface area contributed by atoms with Crippen LogP contribution in [0.5, 0.6) is 5.75 Å². The zero-order valence-corrected chi connectivity index (χ0v) is 16.1. The maximum atomic E-state index is 13.0. The number of primary amides is 1. The fourth-order valence-corrected chi connectivity index (χ4v) is 3.40. The first-order chi connectivity index (χ1) is 13.9. The Bertz CT molecular complexity index is 1080.